The van der Waals surface area contributed by atoms with E-state index in [1.807, 2.05) is 0 Å². The van der Waals surface area contributed by atoms with Gasteiger partial charge in [0.15, 0.2) is 0 Å². The van der Waals surface area contributed by atoms with E-state index in [2.05, 4.69) is 0 Å². The summed E-state index contributed by atoms with van der Waals surface area (Å²) >= 11 is 1.16. The molecule has 10 heteroatoms. The first-order valence-corrected chi connectivity index (χ1v) is 10.3. The van der Waals surface area contributed by atoms with E-state index in [4.69, 9.17) is 4.74 Å². The Bertz CT molecular complexity index is 646. The summed E-state index contributed by atoms with van der Waals surface area (Å²) in [5, 5.41) is 1.71. The third-order valence-corrected chi connectivity index (χ3v) is 8.33. The zero-order chi connectivity index (χ0) is 15.5. The SMILES string of the molecule is COCCS(=O)(=O)N1CCN(S(=O)(=O)c2cccs2)CC1. The molecule has 1 aliphatic rings. The van der Waals surface area contributed by atoms with E-state index in [0.29, 0.717) is 0 Å². The Morgan fingerprint density at radius 2 is 1.76 bits per heavy atom. The van der Waals surface area contributed by atoms with Crippen LogP contribution in [0.3, 0.4) is 0 Å². The molecule has 0 radical (unpaired) electrons. The number of sulfonamides is 2. The van der Waals surface area contributed by atoms with Gasteiger partial charge in [-0.1, -0.05) is 6.07 Å². The van der Waals surface area contributed by atoms with Crippen LogP contribution in [-0.2, 0) is 24.8 Å². The Morgan fingerprint density at radius 3 is 2.29 bits per heavy atom. The summed E-state index contributed by atoms with van der Waals surface area (Å²) < 4.78 is 56.4. The van der Waals surface area contributed by atoms with Gasteiger partial charge in [0.05, 0.1) is 12.4 Å². The van der Waals surface area contributed by atoms with Crippen LogP contribution in [0.25, 0.3) is 0 Å². The molecule has 21 heavy (non-hydrogen) atoms. The lowest BCUT2D eigenvalue weighted by Gasteiger charge is -2.32. The van der Waals surface area contributed by atoms with Crippen molar-refractivity contribution in [1.82, 2.24) is 8.61 Å². The molecule has 0 aliphatic carbocycles. The molecule has 1 fully saturated rings. The highest BCUT2D eigenvalue weighted by atomic mass is 32.2. The predicted molar refractivity (Wildman–Crippen MR) is 80.3 cm³/mol. The Labute approximate surface area is 129 Å². The second kappa shape index (κ2) is 6.71. The molecule has 0 N–H and O–H groups in total. The summed E-state index contributed by atoms with van der Waals surface area (Å²) in [6.45, 7) is 0.836. The van der Waals surface area contributed by atoms with Crippen LogP contribution in [0.5, 0.6) is 0 Å². The van der Waals surface area contributed by atoms with Crippen molar-refractivity contribution in [2.24, 2.45) is 0 Å². The first-order valence-electron chi connectivity index (χ1n) is 6.38. The third kappa shape index (κ3) is 3.82. The second-order valence-corrected chi connectivity index (χ2v) is 9.74. The summed E-state index contributed by atoms with van der Waals surface area (Å²) in [7, 11) is -5.43. The van der Waals surface area contributed by atoms with E-state index in [9.17, 15) is 16.8 Å². The minimum atomic E-state index is -3.50. The van der Waals surface area contributed by atoms with Crippen molar-refractivity contribution in [1.29, 1.82) is 0 Å². The van der Waals surface area contributed by atoms with Crippen LogP contribution < -0.4 is 0 Å². The fraction of sp³-hybridized carbons (Fsp3) is 0.636. The van der Waals surface area contributed by atoms with Gasteiger partial charge in [-0.05, 0) is 11.4 Å². The second-order valence-electron chi connectivity index (χ2n) is 4.54. The summed E-state index contributed by atoms with van der Waals surface area (Å²) in [6.07, 6.45) is 0. The van der Waals surface area contributed by atoms with Crippen molar-refractivity contribution in [3.63, 3.8) is 0 Å². The monoisotopic (exact) mass is 354 g/mol. The van der Waals surface area contributed by atoms with Gasteiger partial charge < -0.3 is 4.74 Å². The normalized spacial score (nSPS) is 18.9. The fourth-order valence-electron chi connectivity index (χ4n) is 2.04. The Kier molecular flexibility index (Phi) is 5.38. The number of ether oxygens (including phenoxy) is 1. The van der Waals surface area contributed by atoms with Gasteiger partial charge in [-0.3, -0.25) is 0 Å². The Balaban J connectivity index is 2.01. The lowest BCUT2D eigenvalue weighted by atomic mass is 10.4. The summed E-state index contributed by atoms with van der Waals surface area (Å²) in [5.74, 6) is -0.0822. The molecule has 120 valence electrons. The molecule has 0 unspecified atom stereocenters. The fourth-order valence-corrected chi connectivity index (χ4v) is 5.97. The van der Waals surface area contributed by atoms with E-state index in [-0.39, 0.29) is 42.7 Å². The highest BCUT2D eigenvalue weighted by Gasteiger charge is 2.33. The summed E-state index contributed by atoms with van der Waals surface area (Å²) in [4.78, 5) is 0. The van der Waals surface area contributed by atoms with Gasteiger partial charge in [-0.2, -0.15) is 8.61 Å². The lowest BCUT2D eigenvalue weighted by molar-refractivity contribution is 0.213. The molecule has 0 amide bonds. The van der Waals surface area contributed by atoms with E-state index in [0.717, 1.165) is 11.3 Å². The molecule has 2 heterocycles. The molecule has 0 bridgehead atoms. The molecular formula is C11H18N2O5S3. The van der Waals surface area contributed by atoms with Crippen LogP contribution in [0.2, 0.25) is 0 Å². The first kappa shape index (κ1) is 16.8. The average molecular weight is 354 g/mol. The molecule has 0 aromatic carbocycles. The maximum Gasteiger partial charge on any atom is 0.252 e. The van der Waals surface area contributed by atoms with Crippen LogP contribution in [0.4, 0.5) is 0 Å². The number of methoxy groups -OCH3 is 1. The standard InChI is InChI=1S/C11H18N2O5S3/c1-18-8-10-20(14,15)12-4-6-13(7-5-12)21(16,17)11-3-2-9-19-11/h2-3,9H,4-8,10H2,1H3. The zero-order valence-electron chi connectivity index (χ0n) is 11.6. The van der Waals surface area contributed by atoms with Crippen LogP contribution in [0.1, 0.15) is 0 Å². The number of rotatable bonds is 6. The summed E-state index contributed by atoms with van der Waals surface area (Å²) in [6, 6.07) is 3.24. The molecule has 0 saturated carbocycles. The molecule has 7 nitrogen and oxygen atoms in total. The van der Waals surface area contributed by atoms with E-state index in [1.165, 1.54) is 15.7 Å². The Hall–Kier alpha value is -0.520. The molecule has 1 aromatic rings. The number of hydrogen-bond donors (Lipinski definition) is 0. The van der Waals surface area contributed by atoms with Crippen LogP contribution in [-0.4, -0.2) is 71.1 Å². The van der Waals surface area contributed by atoms with E-state index >= 15 is 0 Å². The largest absolute Gasteiger partial charge is 0.384 e. The molecule has 0 spiro atoms. The van der Waals surface area contributed by atoms with Gasteiger partial charge in [0, 0.05) is 33.3 Å². The molecule has 2 rings (SSSR count). The average Bonchev–Trinajstić information content (AvgIpc) is 3.00. The van der Waals surface area contributed by atoms with E-state index < -0.39 is 20.0 Å². The van der Waals surface area contributed by atoms with Gasteiger partial charge in [0.1, 0.15) is 4.21 Å². The van der Waals surface area contributed by atoms with Crippen molar-refractivity contribution in [2.45, 2.75) is 4.21 Å². The highest BCUT2D eigenvalue weighted by molar-refractivity contribution is 7.91. The van der Waals surface area contributed by atoms with E-state index in [1.54, 1.807) is 17.5 Å². The topological polar surface area (TPSA) is 84.0 Å². The van der Waals surface area contributed by atoms with Gasteiger partial charge in [-0.25, -0.2) is 16.8 Å². The maximum absolute atomic E-state index is 12.3. The molecular weight excluding hydrogens is 336 g/mol. The van der Waals surface area contributed by atoms with Gasteiger partial charge in [0.25, 0.3) is 10.0 Å². The predicted octanol–water partition coefficient (Wildman–Crippen LogP) is 0.0306. The van der Waals surface area contributed by atoms with Crippen molar-refractivity contribution >= 4 is 31.4 Å². The van der Waals surface area contributed by atoms with Crippen molar-refractivity contribution in [2.75, 3.05) is 45.6 Å². The smallest absolute Gasteiger partial charge is 0.252 e. The number of nitrogens with zero attached hydrogens (tertiary/aromatic N) is 2. The quantitative estimate of drug-likeness (QED) is 0.720. The number of thiophene rings is 1. The van der Waals surface area contributed by atoms with Gasteiger partial charge >= 0.3 is 0 Å². The lowest BCUT2D eigenvalue weighted by Crippen LogP contribution is -2.51. The third-order valence-electron chi connectivity index (χ3n) is 3.23. The van der Waals surface area contributed by atoms with Crippen LogP contribution in [0.15, 0.2) is 21.7 Å². The maximum atomic E-state index is 12.3. The molecule has 1 aliphatic heterocycles. The van der Waals surface area contributed by atoms with Crippen molar-refractivity contribution in [3.05, 3.63) is 17.5 Å². The molecule has 1 aromatic heterocycles. The van der Waals surface area contributed by atoms with Crippen molar-refractivity contribution < 1.29 is 21.6 Å². The first-order chi connectivity index (χ1) is 9.88. The minimum absolute atomic E-state index is 0.0822. The summed E-state index contributed by atoms with van der Waals surface area (Å²) in [5.41, 5.74) is 0. The van der Waals surface area contributed by atoms with Crippen molar-refractivity contribution in [3.8, 4) is 0 Å². The Morgan fingerprint density at radius 1 is 1.14 bits per heavy atom. The van der Waals surface area contributed by atoms with Crippen LogP contribution >= 0.6 is 11.3 Å². The van der Waals surface area contributed by atoms with Gasteiger partial charge in [-0.15, -0.1) is 11.3 Å². The van der Waals surface area contributed by atoms with Gasteiger partial charge in [0.2, 0.25) is 10.0 Å². The van der Waals surface area contributed by atoms with Crippen LogP contribution in [0, 0.1) is 0 Å². The minimum Gasteiger partial charge on any atom is -0.384 e. The molecule has 1 saturated heterocycles. The highest BCUT2D eigenvalue weighted by Crippen LogP contribution is 2.22. The number of piperazine rings is 1. The zero-order valence-corrected chi connectivity index (χ0v) is 14.1. The molecule has 0 atom stereocenters. The number of hydrogen-bond acceptors (Lipinski definition) is 6.